The quantitative estimate of drug-likeness (QED) is 0.261. The van der Waals surface area contributed by atoms with Gasteiger partial charge in [0.25, 0.3) is 0 Å². The second kappa shape index (κ2) is 12.9. The molecule has 3 aromatic rings. The van der Waals surface area contributed by atoms with E-state index in [1.807, 2.05) is 6.20 Å². The average molecular weight is 416 g/mol. The lowest BCUT2D eigenvalue weighted by molar-refractivity contribution is 0.304. The molecule has 1 aromatic heterocycles. The van der Waals surface area contributed by atoms with Crippen molar-refractivity contribution in [2.75, 3.05) is 6.61 Å². The van der Waals surface area contributed by atoms with Crippen LogP contribution in [0, 0.1) is 0 Å². The molecular formula is C29H37NO. The second-order valence-corrected chi connectivity index (χ2v) is 8.37. The Labute approximate surface area is 188 Å². The number of pyridine rings is 1. The fraction of sp³-hybridized carbons (Fsp3) is 0.414. The van der Waals surface area contributed by atoms with E-state index in [9.17, 15) is 0 Å². The van der Waals surface area contributed by atoms with Gasteiger partial charge in [-0.2, -0.15) is 0 Å². The van der Waals surface area contributed by atoms with Gasteiger partial charge in [-0.05, 0) is 54.2 Å². The minimum absolute atomic E-state index is 0.808. The third-order valence-corrected chi connectivity index (χ3v) is 5.78. The molecule has 31 heavy (non-hydrogen) atoms. The van der Waals surface area contributed by atoms with Crippen molar-refractivity contribution in [3.63, 3.8) is 0 Å². The van der Waals surface area contributed by atoms with Gasteiger partial charge in [-0.1, -0.05) is 94.8 Å². The van der Waals surface area contributed by atoms with Gasteiger partial charge >= 0.3 is 0 Å². The number of unbranched alkanes of at least 4 members (excludes halogenated alkanes) is 6. The van der Waals surface area contributed by atoms with E-state index < -0.39 is 0 Å². The Morgan fingerprint density at radius 1 is 0.613 bits per heavy atom. The van der Waals surface area contributed by atoms with E-state index in [2.05, 4.69) is 79.5 Å². The van der Waals surface area contributed by atoms with Crippen molar-refractivity contribution in [2.24, 2.45) is 0 Å². The van der Waals surface area contributed by atoms with Gasteiger partial charge in [0.1, 0.15) is 5.75 Å². The number of nitrogens with zero attached hydrogens (tertiary/aromatic N) is 1. The lowest BCUT2D eigenvalue weighted by atomic mass is 10.0. The molecule has 164 valence electrons. The number of aromatic nitrogens is 1. The maximum absolute atomic E-state index is 5.89. The topological polar surface area (TPSA) is 22.1 Å². The Kier molecular flexibility index (Phi) is 9.63. The zero-order valence-corrected chi connectivity index (χ0v) is 19.3. The van der Waals surface area contributed by atoms with E-state index in [0.717, 1.165) is 36.5 Å². The summed E-state index contributed by atoms with van der Waals surface area (Å²) < 4.78 is 5.89. The molecule has 0 fully saturated rings. The predicted molar refractivity (Wildman–Crippen MR) is 133 cm³/mol. The summed E-state index contributed by atoms with van der Waals surface area (Å²) in [6.45, 7) is 5.29. The van der Waals surface area contributed by atoms with Crippen LogP contribution in [0.3, 0.4) is 0 Å². The predicted octanol–water partition coefficient (Wildman–Crippen LogP) is 8.50. The monoisotopic (exact) mass is 415 g/mol. The van der Waals surface area contributed by atoms with Crippen LogP contribution in [0.25, 0.3) is 22.4 Å². The van der Waals surface area contributed by atoms with Crippen LogP contribution >= 0.6 is 0 Å². The summed E-state index contributed by atoms with van der Waals surface area (Å²) >= 11 is 0. The summed E-state index contributed by atoms with van der Waals surface area (Å²) in [5, 5.41) is 0. The van der Waals surface area contributed by atoms with E-state index in [4.69, 9.17) is 4.74 Å². The van der Waals surface area contributed by atoms with Crippen molar-refractivity contribution in [1.29, 1.82) is 0 Å². The second-order valence-electron chi connectivity index (χ2n) is 8.37. The molecule has 0 aliphatic rings. The van der Waals surface area contributed by atoms with Crippen molar-refractivity contribution in [3.05, 3.63) is 72.4 Å². The minimum Gasteiger partial charge on any atom is -0.494 e. The van der Waals surface area contributed by atoms with E-state index in [0.29, 0.717) is 0 Å². The highest BCUT2D eigenvalue weighted by Crippen LogP contribution is 2.26. The van der Waals surface area contributed by atoms with Gasteiger partial charge < -0.3 is 4.74 Å². The lowest BCUT2D eigenvalue weighted by Crippen LogP contribution is -1.97. The normalized spacial score (nSPS) is 10.9. The van der Waals surface area contributed by atoms with Gasteiger partial charge in [0, 0.05) is 11.8 Å². The highest BCUT2D eigenvalue weighted by atomic mass is 16.5. The number of ether oxygens (including phenoxy) is 1. The zero-order valence-electron chi connectivity index (χ0n) is 19.3. The molecule has 1 heterocycles. The van der Waals surface area contributed by atoms with E-state index in [1.165, 1.54) is 61.6 Å². The average Bonchev–Trinajstić information content (AvgIpc) is 2.82. The summed E-state index contributed by atoms with van der Waals surface area (Å²) in [5.74, 6) is 0.957. The molecule has 0 radical (unpaired) electrons. The van der Waals surface area contributed by atoms with Gasteiger partial charge in [0.05, 0.1) is 12.3 Å². The molecule has 0 saturated heterocycles. The molecule has 0 atom stereocenters. The highest BCUT2D eigenvalue weighted by molar-refractivity contribution is 5.69. The maximum atomic E-state index is 5.89. The van der Waals surface area contributed by atoms with Gasteiger partial charge in [-0.25, -0.2) is 0 Å². The molecule has 0 unspecified atom stereocenters. The Hall–Kier alpha value is -2.61. The first-order chi connectivity index (χ1) is 15.3. The first-order valence-corrected chi connectivity index (χ1v) is 12.1. The SMILES string of the molecule is CCCCCCCOc1ccc(-c2ccc(-c3ccc(CCCCC)cn3)cc2)cc1. The van der Waals surface area contributed by atoms with E-state index >= 15 is 0 Å². The molecule has 3 rings (SSSR count). The Morgan fingerprint density at radius 2 is 1.23 bits per heavy atom. The Morgan fingerprint density at radius 3 is 1.87 bits per heavy atom. The smallest absolute Gasteiger partial charge is 0.119 e. The van der Waals surface area contributed by atoms with Crippen LogP contribution in [0.4, 0.5) is 0 Å². The van der Waals surface area contributed by atoms with Gasteiger partial charge in [-0.3, -0.25) is 4.98 Å². The third-order valence-electron chi connectivity index (χ3n) is 5.78. The molecule has 0 bridgehead atoms. The van der Waals surface area contributed by atoms with Crippen molar-refractivity contribution >= 4 is 0 Å². The molecule has 2 heteroatoms. The first-order valence-electron chi connectivity index (χ1n) is 12.1. The Balaban J connectivity index is 1.52. The Bertz CT molecular complexity index is 866. The van der Waals surface area contributed by atoms with Gasteiger partial charge in [0.2, 0.25) is 0 Å². The van der Waals surface area contributed by atoms with Crippen LogP contribution in [-0.2, 0) is 6.42 Å². The van der Waals surface area contributed by atoms with Crippen LogP contribution in [0.5, 0.6) is 5.75 Å². The van der Waals surface area contributed by atoms with Crippen molar-refractivity contribution in [3.8, 4) is 28.1 Å². The largest absolute Gasteiger partial charge is 0.494 e. The maximum Gasteiger partial charge on any atom is 0.119 e. The number of benzene rings is 2. The van der Waals surface area contributed by atoms with E-state index in [-0.39, 0.29) is 0 Å². The molecule has 2 aromatic carbocycles. The molecule has 0 spiro atoms. The van der Waals surface area contributed by atoms with Crippen molar-refractivity contribution in [2.45, 2.75) is 71.6 Å². The number of aryl methyl sites for hydroxylation is 1. The van der Waals surface area contributed by atoms with Gasteiger partial charge in [0.15, 0.2) is 0 Å². The number of rotatable bonds is 13. The molecule has 0 N–H and O–H groups in total. The lowest BCUT2D eigenvalue weighted by Gasteiger charge is -2.08. The van der Waals surface area contributed by atoms with E-state index in [1.54, 1.807) is 0 Å². The fourth-order valence-corrected chi connectivity index (χ4v) is 3.79. The van der Waals surface area contributed by atoms with Crippen LogP contribution in [-0.4, -0.2) is 11.6 Å². The summed E-state index contributed by atoms with van der Waals surface area (Å²) in [6, 6.07) is 21.5. The molecule has 2 nitrogen and oxygen atoms in total. The molecular weight excluding hydrogens is 378 g/mol. The van der Waals surface area contributed by atoms with Crippen LogP contribution in [0.2, 0.25) is 0 Å². The highest BCUT2D eigenvalue weighted by Gasteiger charge is 2.03. The summed E-state index contributed by atoms with van der Waals surface area (Å²) in [7, 11) is 0. The fourth-order valence-electron chi connectivity index (χ4n) is 3.79. The molecule has 0 saturated carbocycles. The summed E-state index contributed by atoms with van der Waals surface area (Å²) in [4.78, 5) is 4.68. The number of hydrogen-bond acceptors (Lipinski definition) is 2. The first kappa shape index (κ1) is 23.1. The van der Waals surface area contributed by atoms with Crippen molar-refractivity contribution in [1.82, 2.24) is 4.98 Å². The zero-order chi connectivity index (χ0) is 21.7. The van der Waals surface area contributed by atoms with Crippen molar-refractivity contribution < 1.29 is 4.74 Å². The summed E-state index contributed by atoms with van der Waals surface area (Å²) in [6.07, 6.45) is 13.3. The molecule has 0 amide bonds. The standard InChI is InChI=1S/C29H37NO/c1-3-5-7-8-10-22-31-28-19-17-26(18-20-28)25-13-15-27(16-14-25)29-21-12-24(23-30-29)11-9-6-4-2/h12-21,23H,3-11,22H2,1-2H3. The molecule has 0 aliphatic heterocycles. The van der Waals surface area contributed by atoms with Crippen LogP contribution in [0.15, 0.2) is 66.9 Å². The van der Waals surface area contributed by atoms with Gasteiger partial charge in [-0.15, -0.1) is 0 Å². The van der Waals surface area contributed by atoms with Crippen LogP contribution < -0.4 is 4.74 Å². The third kappa shape index (κ3) is 7.54. The summed E-state index contributed by atoms with van der Waals surface area (Å²) in [5.41, 5.74) is 5.95. The molecule has 0 aliphatic carbocycles. The minimum atomic E-state index is 0.808. The number of hydrogen-bond donors (Lipinski definition) is 0. The van der Waals surface area contributed by atoms with Crippen LogP contribution in [0.1, 0.15) is 70.8 Å².